The number of nitrogens with one attached hydrogen (secondary N) is 1. The fourth-order valence-corrected chi connectivity index (χ4v) is 4.45. The number of halogens is 1. The minimum Gasteiger partial charge on any atom is -0.463 e. The highest BCUT2D eigenvalue weighted by Gasteiger charge is 2.37. The van der Waals surface area contributed by atoms with Gasteiger partial charge in [-0.15, -0.1) is 0 Å². The first kappa shape index (κ1) is 22.6. The van der Waals surface area contributed by atoms with Crippen molar-refractivity contribution in [2.24, 2.45) is 4.99 Å². The Balaban J connectivity index is 2.05. The zero-order valence-corrected chi connectivity index (χ0v) is 18.4. The summed E-state index contributed by atoms with van der Waals surface area (Å²) < 4.78 is 19.9. The maximum Gasteiger partial charge on any atom is 0.334 e. The SMILES string of the molecule is CCOC(=O)/C(C)=C1/C[C@@](C)(c2cc(N)ccc2F)N=C(NC(=O)c2ccccc2)S1. The summed E-state index contributed by atoms with van der Waals surface area (Å²) in [6.07, 6.45) is 0.257. The normalized spacial score (nSPS) is 19.9. The van der Waals surface area contributed by atoms with E-state index in [0.29, 0.717) is 21.7 Å². The number of nitrogen functional groups attached to an aromatic ring is 1. The number of anilines is 1. The van der Waals surface area contributed by atoms with Crippen LogP contribution in [-0.4, -0.2) is 23.7 Å². The van der Waals surface area contributed by atoms with Crippen LogP contribution >= 0.6 is 11.8 Å². The molecular formula is C23H24FN3O3S. The van der Waals surface area contributed by atoms with Crippen LogP contribution in [0.4, 0.5) is 10.1 Å². The number of nitrogens with zero attached hydrogens (tertiary/aromatic N) is 1. The van der Waals surface area contributed by atoms with Gasteiger partial charge in [-0.05, 0) is 51.1 Å². The van der Waals surface area contributed by atoms with E-state index >= 15 is 0 Å². The third-order valence-electron chi connectivity index (χ3n) is 4.90. The molecule has 0 spiro atoms. The lowest BCUT2D eigenvalue weighted by molar-refractivity contribution is -0.138. The van der Waals surface area contributed by atoms with Crippen LogP contribution in [0, 0.1) is 5.82 Å². The monoisotopic (exact) mass is 441 g/mol. The summed E-state index contributed by atoms with van der Waals surface area (Å²) in [5.74, 6) is -1.28. The molecule has 1 heterocycles. The lowest BCUT2D eigenvalue weighted by Crippen LogP contribution is -2.35. The van der Waals surface area contributed by atoms with Crippen LogP contribution in [0.25, 0.3) is 0 Å². The number of ether oxygens (including phenoxy) is 1. The molecule has 31 heavy (non-hydrogen) atoms. The van der Waals surface area contributed by atoms with Crippen molar-refractivity contribution in [1.82, 2.24) is 5.32 Å². The molecule has 0 saturated carbocycles. The summed E-state index contributed by atoms with van der Waals surface area (Å²) in [4.78, 5) is 30.3. The molecule has 1 amide bonds. The Kier molecular flexibility index (Phi) is 6.80. The zero-order chi connectivity index (χ0) is 22.6. The van der Waals surface area contributed by atoms with Gasteiger partial charge in [-0.1, -0.05) is 30.0 Å². The number of carbonyl (C=O) groups excluding carboxylic acids is 2. The number of amidine groups is 1. The summed E-state index contributed by atoms with van der Waals surface area (Å²) in [6.45, 7) is 5.36. The van der Waals surface area contributed by atoms with Gasteiger partial charge in [-0.2, -0.15) is 0 Å². The van der Waals surface area contributed by atoms with Gasteiger partial charge >= 0.3 is 5.97 Å². The predicted molar refractivity (Wildman–Crippen MR) is 121 cm³/mol. The molecule has 0 radical (unpaired) electrons. The molecule has 2 aromatic carbocycles. The third-order valence-corrected chi connectivity index (χ3v) is 5.98. The zero-order valence-electron chi connectivity index (χ0n) is 17.6. The van der Waals surface area contributed by atoms with Crippen LogP contribution in [0.3, 0.4) is 0 Å². The maximum absolute atomic E-state index is 14.7. The van der Waals surface area contributed by atoms with Gasteiger partial charge in [0.1, 0.15) is 5.82 Å². The van der Waals surface area contributed by atoms with Crippen molar-refractivity contribution in [3.05, 3.63) is 76.0 Å². The van der Waals surface area contributed by atoms with Crippen molar-refractivity contribution in [3.63, 3.8) is 0 Å². The number of aliphatic imine (C=N–C) groups is 1. The maximum atomic E-state index is 14.7. The van der Waals surface area contributed by atoms with Gasteiger partial charge in [-0.25, -0.2) is 9.18 Å². The first-order valence-corrected chi connectivity index (χ1v) is 10.6. The van der Waals surface area contributed by atoms with Crippen LogP contribution in [0.1, 0.15) is 43.1 Å². The van der Waals surface area contributed by atoms with Crippen molar-refractivity contribution in [2.75, 3.05) is 12.3 Å². The van der Waals surface area contributed by atoms with Gasteiger partial charge < -0.3 is 15.8 Å². The first-order chi connectivity index (χ1) is 14.7. The lowest BCUT2D eigenvalue weighted by atomic mass is 9.87. The average Bonchev–Trinajstić information content (AvgIpc) is 2.75. The summed E-state index contributed by atoms with van der Waals surface area (Å²) in [5, 5.41) is 3.05. The van der Waals surface area contributed by atoms with Crippen LogP contribution in [-0.2, 0) is 15.1 Å². The molecular weight excluding hydrogens is 417 g/mol. The van der Waals surface area contributed by atoms with Gasteiger partial charge in [0.15, 0.2) is 5.17 Å². The van der Waals surface area contributed by atoms with E-state index in [-0.39, 0.29) is 29.7 Å². The fraction of sp³-hybridized carbons (Fsp3) is 0.261. The molecule has 1 atom stereocenters. The molecule has 0 saturated heterocycles. The Labute approximate surface area is 184 Å². The molecule has 3 N–H and O–H groups in total. The Morgan fingerprint density at radius 3 is 2.65 bits per heavy atom. The topological polar surface area (TPSA) is 93.8 Å². The number of hydrogen-bond donors (Lipinski definition) is 2. The molecule has 3 rings (SSSR count). The smallest absolute Gasteiger partial charge is 0.334 e. The van der Waals surface area contributed by atoms with E-state index in [0.717, 1.165) is 0 Å². The molecule has 0 unspecified atom stereocenters. The summed E-state index contributed by atoms with van der Waals surface area (Å²) in [7, 11) is 0. The molecule has 1 aliphatic heterocycles. The summed E-state index contributed by atoms with van der Waals surface area (Å²) in [6, 6.07) is 13.0. The van der Waals surface area contributed by atoms with Gasteiger partial charge in [-0.3, -0.25) is 9.79 Å². The number of carbonyl (C=O) groups is 2. The van der Waals surface area contributed by atoms with E-state index in [2.05, 4.69) is 10.3 Å². The fourth-order valence-electron chi connectivity index (χ4n) is 3.24. The number of thioether (sulfide) groups is 1. The van der Waals surface area contributed by atoms with E-state index in [1.807, 2.05) is 6.07 Å². The van der Waals surface area contributed by atoms with Gasteiger partial charge in [0, 0.05) is 33.7 Å². The predicted octanol–water partition coefficient (Wildman–Crippen LogP) is 4.38. The molecule has 0 aromatic heterocycles. The lowest BCUT2D eigenvalue weighted by Gasteiger charge is -2.33. The van der Waals surface area contributed by atoms with Gasteiger partial charge in [0.2, 0.25) is 0 Å². The Bertz CT molecular complexity index is 1070. The van der Waals surface area contributed by atoms with Gasteiger partial charge in [0.05, 0.1) is 12.1 Å². The number of amides is 1. The molecule has 6 nitrogen and oxygen atoms in total. The second-order valence-corrected chi connectivity index (χ2v) is 8.38. The third kappa shape index (κ3) is 5.14. The quantitative estimate of drug-likeness (QED) is 0.417. The second-order valence-electron chi connectivity index (χ2n) is 7.30. The molecule has 162 valence electrons. The summed E-state index contributed by atoms with van der Waals surface area (Å²) >= 11 is 1.17. The van der Waals surface area contributed by atoms with E-state index in [1.165, 1.54) is 30.0 Å². The van der Waals surface area contributed by atoms with Crippen LogP contribution in [0.2, 0.25) is 0 Å². The number of benzene rings is 2. The average molecular weight is 442 g/mol. The van der Waals surface area contributed by atoms with Crippen molar-refractivity contribution >= 4 is 34.5 Å². The molecule has 0 fully saturated rings. The minimum atomic E-state index is -1.08. The van der Waals surface area contributed by atoms with Crippen LogP contribution in [0.15, 0.2) is 64.0 Å². The minimum absolute atomic E-state index is 0.237. The second kappa shape index (κ2) is 9.34. The highest BCUT2D eigenvalue weighted by molar-refractivity contribution is 8.17. The molecule has 8 heteroatoms. The molecule has 0 aliphatic carbocycles. The highest BCUT2D eigenvalue weighted by Crippen LogP contribution is 2.44. The molecule has 1 aliphatic rings. The Morgan fingerprint density at radius 1 is 1.26 bits per heavy atom. The van der Waals surface area contributed by atoms with E-state index in [4.69, 9.17) is 10.5 Å². The number of esters is 1. The van der Waals surface area contributed by atoms with E-state index < -0.39 is 17.3 Å². The van der Waals surface area contributed by atoms with Crippen molar-refractivity contribution in [3.8, 4) is 0 Å². The number of rotatable bonds is 4. The summed E-state index contributed by atoms with van der Waals surface area (Å²) in [5.41, 5.74) is 6.35. The first-order valence-electron chi connectivity index (χ1n) is 9.80. The van der Waals surface area contributed by atoms with E-state index in [9.17, 15) is 14.0 Å². The van der Waals surface area contributed by atoms with Crippen LogP contribution in [0.5, 0.6) is 0 Å². The van der Waals surface area contributed by atoms with Crippen molar-refractivity contribution in [2.45, 2.75) is 32.7 Å². The Hall–Kier alpha value is -3.13. The Morgan fingerprint density at radius 2 is 1.97 bits per heavy atom. The van der Waals surface area contributed by atoms with Crippen LogP contribution < -0.4 is 11.1 Å². The highest BCUT2D eigenvalue weighted by atomic mass is 32.2. The van der Waals surface area contributed by atoms with Crippen molar-refractivity contribution in [1.29, 1.82) is 0 Å². The van der Waals surface area contributed by atoms with Gasteiger partial charge in [0.25, 0.3) is 5.91 Å². The number of hydrogen-bond acceptors (Lipinski definition) is 6. The van der Waals surface area contributed by atoms with Crippen molar-refractivity contribution < 1.29 is 18.7 Å². The molecule has 2 aromatic rings. The number of nitrogens with two attached hydrogens (primary N) is 1. The standard InChI is InChI=1S/C23H24FN3O3S/c1-4-30-21(29)14(2)19-13-23(3,17-12-16(25)10-11-18(17)24)27-22(31-19)26-20(28)15-8-6-5-7-9-15/h5-12H,4,13,25H2,1-3H3,(H,26,27,28)/b19-14-/t23-/m0/s1. The van der Waals surface area contributed by atoms with E-state index in [1.54, 1.807) is 45.0 Å². The molecule has 0 bridgehead atoms. The largest absolute Gasteiger partial charge is 0.463 e.